The molecule has 1 nitrogen and oxygen atoms in total. The molecule has 1 aromatic carbocycles. The van der Waals surface area contributed by atoms with Gasteiger partial charge in [0.05, 0.1) is 0 Å². The SMILES string of the molecule is C=Cc1ccccc1CC.CCP.CNC. The summed E-state index contributed by atoms with van der Waals surface area (Å²) in [6.07, 6.45) is 4.15. The minimum absolute atomic E-state index is 1.09. The summed E-state index contributed by atoms with van der Waals surface area (Å²) in [5, 5.41) is 2.75. The molecule has 0 aliphatic carbocycles. The molecule has 0 saturated carbocycles. The van der Waals surface area contributed by atoms with Crippen molar-refractivity contribution < 1.29 is 0 Å². The van der Waals surface area contributed by atoms with Crippen LogP contribution in [0.4, 0.5) is 0 Å². The Morgan fingerprint density at radius 3 is 2.00 bits per heavy atom. The topological polar surface area (TPSA) is 12.0 Å². The summed E-state index contributed by atoms with van der Waals surface area (Å²) in [7, 11) is 6.33. The molecule has 0 aromatic heterocycles. The Kier molecular flexibility index (Phi) is 15.9. The second-order valence-corrected chi connectivity index (χ2v) is 3.98. The summed E-state index contributed by atoms with van der Waals surface area (Å²) in [4.78, 5) is 0. The standard InChI is InChI=1S/C10H12.C2H7N.C2H7P/c1-3-9-7-5-6-8-10(9)4-2;1-3-2;1-2-3/h3,5-8H,1,4H2,2H3;3H,1-2H3;2-3H2,1H3. The predicted molar refractivity (Wildman–Crippen MR) is 81.1 cm³/mol. The Hall–Kier alpha value is -0.650. The van der Waals surface area contributed by atoms with E-state index in [1.54, 1.807) is 0 Å². The van der Waals surface area contributed by atoms with Gasteiger partial charge in [0.15, 0.2) is 0 Å². The van der Waals surface area contributed by atoms with E-state index in [2.05, 4.69) is 53.2 Å². The van der Waals surface area contributed by atoms with Crippen LogP contribution in [0.25, 0.3) is 6.08 Å². The van der Waals surface area contributed by atoms with Crippen LogP contribution in [0.2, 0.25) is 0 Å². The van der Waals surface area contributed by atoms with Crippen molar-refractivity contribution in [2.75, 3.05) is 20.3 Å². The van der Waals surface area contributed by atoms with Gasteiger partial charge in [-0.15, -0.1) is 9.24 Å². The highest BCUT2D eigenvalue weighted by Crippen LogP contribution is 2.09. The molecule has 0 amide bonds. The summed E-state index contributed by atoms with van der Waals surface area (Å²) in [6.45, 7) is 7.98. The molecule has 0 aliphatic heterocycles. The van der Waals surface area contributed by atoms with Crippen molar-refractivity contribution in [3.8, 4) is 0 Å². The highest BCUT2D eigenvalue weighted by atomic mass is 31.0. The van der Waals surface area contributed by atoms with E-state index in [0.29, 0.717) is 0 Å². The maximum atomic E-state index is 3.74. The van der Waals surface area contributed by atoms with Gasteiger partial charge >= 0.3 is 0 Å². The summed E-state index contributed by atoms with van der Waals surface area (Å²) >= 11 is 0. The lowest BCUT2D eigenvalue weighted by Gasteiger charge is -1.99. The molecule has 0 saturated heterocycles. The summed E-state index contributed by atoms with van der Waals surface area (Å²) in [5.74, 6) is 0. The van der Waals surface area contributed by atoms with Crippen LogP contribution in [0.5, 0.6) is 0 Å². The first-order valence-corrected chi connectivity index (χ1v) is 6.52. The average molecular weight is 239 g/mol. The molecule has 2 heteroatoms. The molecule has 92 valence electrons. The second-order valence-electron chi connectivity index (χ2n) is 3.16. The van der Waals surface area contributed by atoms with Crippen LogP contribution in [-0.4, -0.2) is 20.3 Å². The molecule has 1 unspecified atom stereocenters. The summed E-state index contributed by atoms with van der Waals surface area (Å²) < 4.78 is 0. The van der Waals surface area contributed by atoms with Crippen LogP contribution in [0.3, 0.4) is 0 Å². The maximum Gasteiger partial charge on any atom is -0.0167 e. The number of nitrogens with one attached hydrogen (secondary N) is 1. The Balaban J connectivity index is 0. The Labute approximate surface area is 104 Å². The monoisotopic (exact) mass is 239 g/mol. The molecule has 1 N–H and O–H groups in total. The van der Waals surface area contributed by atoms with Crippen LogP contribution in [0.15, 0.2) is 30.8 Å². The molecule has 16 heavy (non-hydrogen) atoms. The predicted octanol–water partition coefficient (Wildman–Crippen LogP) is 3.61. The molecule has 1 aromatic rings. The summed E-state index contributed by atoms with van der Waals surface area (Å²) in [5.41, 5.74) is 2.63. The molecule has 0 bridgehead atoms. The zero-order chi connectivity index (χ0) is 12.8. The lowest BCUT2D eigenvalue weighted by molar-refractivity contribution is 1.02. The molecule has 1 atom stereocenters. The van der Waals surface area contributed by atoms with Crippen molar-refractivity contribution in [3.05, 3.63) is 42.0 Å². The molecule has 1 rings (SSSR count). The highest BCUT2D eigenvalue weighted by Gasteiger charge is 1.91. The lowest BCUT2D eigenvalue weighted by Crippen LogP contribution is -1.89. The lowest BCUT2D eigenvalue weighted by atomic mass is 10.1. The van der Waals surface area contributed by atoms with E-state index in [0.717, 1.165) is 6.42 Å². The first kappa shape index (κ1) is 17.7. The molecule has 0 radical (unpaired) electrons. The van der Waals surface area contributed by atoms with Gasteiger partial charge in [0.25, 0.3) is 0 Å². The molecular formula is C14H26NP. The number of hydrogen-bond acceptors (Lipinski definition) is 1. The van der Waals surface area contributed by atoms with Gasteiger partial charge < -0.3 is 5.32 Å². The maximum absolute atomic E-state index is 3.74. The van der Waals surface area contributed by atoms with Gasteiger partial charge in [-0.05, 0) is 37.8 Å². The largest absolute Gasteiger partial charge is 0.323 e. The van der Waals surface area contributed by atoms with Crippen molar-refractivity contribution >= 4 is 15.3 Å². The van der Waals surface area contributed by atoms with E-state index in [1.165, 1.54) is 17.3 Å². The van der Waals surface area contributed by atoms with Crippen molar-refractivity contribution in [3.63, 3.8) is 0 Å². The van der Waals surface area contributed by atoms with Gasteiger partial charge in [-0.25, -0.2) is 0 Å². The van der Waals surface area contributed by atoms with E-state index < -0.39 is 0 Å². The second kappa shape index (κ2) is 14.3. The van der Waals surface area contributed by atoms with E-state index in [4.69, 9.17) is 0 Å². The third kappa shape index (κ3) is 9.89. The fourth-order valence-corrected chi connectivity index (χ4v) is 1.06. The molecule has 0 spiro atoms. The Bertz CT molecular complexity index is 257. The number of rotatable bonds is 2. The van der Waals surface area contributed by atoms with Gasteiger partial charge in [0, 0.05) is 0 Å². The first-order chi connectivity index (χ1) is 7.71. The molecule has 0 fully saturated rings. The normalized spacial score (nSPS) is 8.06. The highest BCUT2D eigenvalue weighted by molar-refractivity contribution is 7.16. The minimum atomic E-state index is 1.09. The van der Waals surface area contributed by atoms with Crippen molar-refractivity contribution in [2.45, 2.75) is 20.3 Å². The van der Waals surface area contributed by atoms with Crippen LogP contribution < -0.4 is 5.32 Å². The average Bonchev–Trinajstić information content (AvgIpc) is 2.31. The van der Waals surface area contributed by atoms with Gasteiger partial charge in [-0.3, -0.25) is 0 Å². The Morgan fingerprint density at radius 2 is 1.69 bits per heavy atom. The third-order valence-corrected chi connectivity index (χ3v) is 1.66. The first-order valence-electron chi connectivity index (χ1n) is 5.70. The molecule has 0 heterocycles. The van der Waals surface area contributed by atoms with E-state index in [-0.39, 0.29) is 0 Å². The van der Waals surface area contributed by atoms with Crippen molar-refractivity contribution in [1.82, 2.24) is 5.32 Å². The van der Waals surface area contributed by atoms with Gasteiger partial charge in [0.1, 0.15) is 0 Å². The summed E-state index contributed by atoms with van der Waals surface area (Å²) in [6, 6.07) is 8.32. The molecular weight excluding hydrogens is 213 g/mol. The smallest absolute Gasteiger partial charge is 0.0167 e. The van der Waals surface area contributed by atoms with Crippen molar-refractivity contribution in [2.24, 2.45) is 0 Å². The van der Waals surface area contributed by atoms with E-state index >= 15 is 0 Å². The van der Waals surface area contributed by atoms with Gasteiger partial charge in [-0.1, -0.05) is 50.8 Å². The van der Waals surface area contributed by atoms with E-state index in [1.807, 2.05) is 26.2 Å². The van der Waals surface area contributed by atoms with Crippen molar-refractivity contribution in [1.29, 1.82) is 0 Å². The quantitative estimate of drug-likeness (QED) is 0.777. The fraction of sp³-hybridized carbons (Fsp3) is 0.429. The van der Waals surface area contributed by atoms with E-state index in [9.17, 15) is 0 Å². The minimum Gasteiger partial charge on any atom is -0.323 e. The van der Waals surface area contributed by atoms with Gasteiger partial charge in [-0.2, -0.15) is 0 Å². The number of hydrogen-bond donors (Lipinski definition) is 1. The van der Waals surface area contributed by atoms with Crippen LogP contribution >= 0.6 is 9.24 Å². The number of benzene rings is 1. The zero-order valence-electron chi connectivity index (χ0n) is 11.1. The zero-order valence-corrected chi connectivity index (χ0v) is 12.2. The molecule has 0 aliphatic rings. The third-order valence-electron chi connectivity index (χ3n) is 1.66. The van der Waals surface area contributed by atoms with Crippen LogP contribution in [-0.2, 0) is 6.42 Å². The Morgan fingerprint density at radius 1 is 1.25 bits per heavy atom. The van der Waals surface area contributed by atoms with Crippen LogP contribution in [0.1, 0.15) is 25.0 Å². The number of aryl methyl sites for hydroxylation is 1. The van der Waals surface area contributed by atoms with Gasteiger partial charge in [0.2, 0.25) is 0 Å². The fourth-order valence-electron chi connectivity index (χ4n) is 1.06. The van der Waals surface area contributed by atoms with Crippen LogP contribution in [0, 0.1) is 0 Å².